The molecule has 0 radical (unpaired) electrons. The second kappa shape index (κ2) is 9.79. The Morgan fingerprint density at radius 3 is 2.46 bits per heavy atom. The first-order valence-corrected chi connectivity index (χ1v) is 9.88. The molecule has 7 heteroatoms. The molecule has 0 saturated carbocycles. The number of aromatic nitrogens is 3. The fourth-order valence-corrected chi connectivity index (χ4v) is 3.61. The average Bonchev–Trinajstić information content (AvgIpc) is 3.16. The standard InChI is InChI=1S/C21H23BrN4.2ClH/c1-15(2)23-12-5-13-25-20(16-8-10-17(22)11-9-16)14-26-19-7-4-3-6-18(19)24-21(25)26;;/h3-4,6-11,14-15,23H,5,12-13H2,1-2H3;2*1H. The van der Waals surface area contributed by atoms with Crippen LogP contribution in [0.15, 0.2) is 59.2 Å². The number of hydrogen-bond acceptors (Lipinski definition) is 2. The van der Waals surface area contributed by atoms with Crippen LogP contribution in [0.4, 0.5) is 0 Å². The Morgan fingerprint density at radius 2 is 1.75 bits per heavy atom. The number of nitrogens with one attached hydrogen (secondary N) is 1. The predicted octanol–water partition coefficient (Wildman–Crippen LogP) is 5.95. The van der Waals surface area contributed by atoms with E-state index < -0.39 is 0 Å². The van der Waals surface area contributed by atoms with Gasteiger partial charge < -0.3 is 9.88 Å². The molecule has 0 aliphatic rings. The second-order valence-electron chi connectivity index (χ2n) is 6.91. The number of imidazole rings is 2. The lowest BCUT2D eigenvalue weighted by atomic mass is 10.1. The number of nitrogens with zero attached hydrogens (tertiary/aromatic N) is 3. The van der Waals surface area contributed by atoms with E-state index in [9.17, 15) is 0 Å². The van der Waals surface area contributed by atoms with Crippen molar-refractivity contribution < 1.29 is 0 Å². The van der Waals surface area contributed by atoms with Gasteiger partial charge in [0.25, 0.3) is 0 Å². The molecule has 0 bridgehead atoms. The number of benzene rings is 2. The minimum Gasteiger partial charge on any atom is -0.314 e. The molecular weight excluding hydrogens is 459 g/mol. The summed E-state index contributed by atoms with van der Waals surface area (Å²) >= 11 is 3.53. The third kappa shape index (κ3) is 4.54. The van der Waals surface area contributed by atoms with Crippen molar-refractivity contribution in [3.8, 4) is 11.3 Å². The van der Waals surface area contributed by atoms with Crippen molar-refractivity contribution in [2.45, 2.75) is 32.9 Å². The van der Waals surface area contributed by atoms with Crippen LogP contribution < -0.4 is 5.32 Å². The lowest BCUT2D eigenvalue weighted by Gasteiger charge is -2.11. The van der Waals surface area contributed by atoms with Crippen LogP contribution in [0.2, 0.25) is 0 Å². The van der Waals surface area contributed by atoms with Crippen LogP contribution in [0.5, 0.6) is 0 Å². The second-order valence-corrected chi connectivity index (χ2v) is 7.82. The molecule has 0 fully saturated rings. The van der Waals surface area contributed by atoms with Gasteiger partial charge in [0.1, 0.15) is 0 Å². The minimum atomic E-state index is 0. The molecule has 2 aromatic heterocycles. The molecule has 0 aliphatic heterocycles. The maximum Gasteiger partial charge on any atom is 0.215 e. The molecule has 150 valence electrons. The highest BCUT2D eigenvalue weighted by Gasteiger charge is 2.15. The van der Waals surface area contributed by atoms with E-state index in [-0.39, 0.29) is 24.8 Å². The summed E-state index contributed by atoms with van der Waals surface area (Å²) in [5, 5.41) is 3.50. The molecular formula is C21H25BrCl2N4. The van der Waals surface area contributed by atoms with E-state index in [1.807, 2.05) is 6.07 Å². The topological polar surface area (TPSA) is 34.3 Å². The molecule has 4 rings (SSSR count). The molecule has 0 atom stereocenters. The van der Waals surface area contributed by atoms with Crippen molar-refractivity contribution in [2.75, 3.05) is 6.54 Å². The first kappa shape index (κ1) is 22.8. The van der Waals surface area contributed by atoms with Crippen LogP contribution in [0.25, 0.3) is 28.1 Å². The van der Waals surface area contributed by atoms with E-state index >= 15 is 0 Å². The summed E-state index contributed by atoms with van der Waals surface area (Å²) in [6.07, 6.45) is 3.28. The fourth-order valence-electron chi connectivity index (χ4n) is 3.35. The lowest BCUT2D eigenvalue weighted by molar-refractivity contribution is 0.541. The number of rotatable bonds is 6. The van der Waals surface area contributed by atoms with Gasteiger partial charge in [0.05, 0.1) is 16.7 Å². The van der Waals surface area contributed by atoms with Crippen LogP contribution in [-0.4, -0.2) is 26.5 Å². The van der Waals surface area contributed by atoms with Crippen molar-refractivity contribution >= 4 is 57.6 Å². The molecule has 0 saturated heterocycles. The molecule has 0 spiro atoms. The van der Waals surface area contributed by atoms with Crippen LogP contribution in [0, 0.1) is 0 Å². The van der Waals surface area contributed by atoms with Crippen LogP contribution >= 0.6 is 40.7 Å². The highest BCUT2D eigenvalue weighted by atomic mass is 79.9. The monoisotopic (exact) mass is 482 g/mol. The highest BCUT2D eigenvalue weighted by Crippen LogP contribution is 2.27. The zero-order valence-corrected chi connectivity index (χ0v) is 19.1. The summed E-state index contributed by atoms with van der Waals surface area (Å²) in [5.74, 6) is 1.01. The Balaban J connectivity index is 0.00000140. The van der Waals surface area contributed by atoms with Crippen molar-refractivity contribution in [3.05, 3.63) is 59.2 Å². The third-order valence-corrected chi connectivity index (χ3v) is 5.14. The van der Waals surface area contributed by atoms with Crippen molar-refractivity contribution in [2.24, 2.45) is 0 Å². The molecule has 1 N–H and O–H groups in total. The van der Waals surface area contributed by atoms with Gasteiger partial charge in [-0.15, -0.1) is 24.8 Å². The first-order chi connectivity index (χ1) is 12.6. The van der Waals surface area contributed by atoms with Crippen LogP contribution in [0.3, 0.4) is 0 Å². The zero-order valence-electron chi connectivity index (χ0n) is 15.9. The van der Waals surface area contributed by atoms with E-state index in [2.05, 4.69) is 92.7 Å². The molecule has 4 nitrogen and oxygen atoms in total. The Bertz CT molecular complexity index is 1040. The Morgan fingerprint density at radius 1 is 1.04 bits per heavy atom. The van der Waals surface area contributed by atoms with Gasteiger partial charge in [-0.05, 0) is 42.8 Å². The quantitative estimate of drug-likeness (QED) is 0.344. The summed E-state index contributed by atoms with van der Waals surface area (Å²) in [6.45, 7) is 6.30. The van der Waals surface area contributed by atoms with Crippen LogP contribution in [0.1, 0.15) is 20.3 Å². The zero-order chi connectivity index (χ0) is 18.1. The van der Waals surface area contributed by atoms with E-state index in [0.717, 1.165) is 40.8 Å². The summed E-state index contributed by atoms with van der Waals surface area (Å²) in [5.41, 5.74) is 4.61. The third-order valence-electron chi connectivity index (χ3n) is 4.61. The lowest BCUT2D eigenvalue weighted by Crippen LogP contribution is -2.24. The molecule has 4 aromatic rings. The fraction of sp³-hybridized carbons (Fsp3) is 0.286. The van der Waals surface area contributed by atoms with Crippen LogP contribution in [-0.2, 0) is 6.54 Å². The summed E-state index contributed by atoms with van der Waals surface area (Å²) in [6, 6.07) is 17.3. The van der Waals surface area contributed by atoms with Gasteiger partial charge in [0, 0.05) is 23.3 Å². The molecule has 0 aliphatic carbocycles. The van der Waals surface area contributed by atoms with E-state index in [1.165, 1.54) is 11.3 Å². The summed E-state index contributed by atoms with van der Waals surface area (Å²) < 4.78 is 5.64. The van der Waals surface area contributed by atoms with Gasteiger partial charge in [-0.25, -0.2) is 4.98 Å². The minimum absolute atomic E-state index is 0. The molecule has 2 heterocycles. The van der Waals surface area contributed by atoms with Gasteiger partial charge >= 0.3 is 0 Å². The highest BCUT2D eigenvalue weighted by molar-refractivity contribution is 9.10. The molecule has 2 aromatic carbocycles. The van der Waals surface area contributed by atoms with Crippen molar-refractivity contribution in [1.82, 2.24) is 19.3 Å². The van der Waals surface area contributed by atoms with E-state index in [4.69, 9.17) is 4.98 Å². The maximum atomic E-state index is 4.89. The number of fused-ring (bicyclic) bond motifs is 3. The number of hydrogen-bond donors (Lipinski definition) is 1. The number of halogens is 3. The first-order valence-electron chi connectivity index (χ1n) is 9.09. The summed E-state index contributed by atoms with van der Waals surface area (Å²) in [4.78, 5) is 4.89. The maximum absolute atomic E-state index is 4.89. The van der Waals surface area contributed by atoms with Crippen molar-refractivity contribution in [1.29, 1.82) is 0 Å². The summed E-state index contributed by atoms with van der Waals surface area (Å²) in [7, 11) is 0. The molecule has 0 unspecified atom stereocenters. The predicted molar refractivity (Wildman–Crippen MR) is 126 cm³/mol. The van der Waals surface area contributed by atoms with Crippen molar-refractivity contribution in [3.63, 3.8) is 0 Å². The number of para-hydroxylation sites is 2. The van der Waals surface area contributed by atoms with Gasteiger partial charge in [-0.1, -0.05) is 54.0 Å². The average molecular weight is 484 g/mol. The smallest absolute Gasteiger partial charge is 0.215 e. The molecule has 0 amide bonds. The Labute approximate surface area is 186 Å². The van der Waals surface area contributed by atoms with Gasteiger partial charge in [0.15, 0.2) is 0 Å². The van der Waals surface area contributed by atoms with Gasteiger partial charge in [0.2, 0.25) is 5.78 Å². The Hall–Kier alpha value is -1.53. The largest absolute Gasteiger partial charge is 0.314 e. The SMILES string of the molecule is CC(C)NCCCn1c(-c2ccc(Br)cc2)cn2c3ccccc3nc12.Cl.Cl. The van der Waals surface area contributed by atoms with E-state index in [1.54, 1.807) is 0 Å². The van der Waals surface area contributed by atoms with E-state index in [0.29, 0.717) is 6.04 Å². The van der Waals surface area contributed by atoms with Gasteiger partial charge in [-0.3, -0.25) is 4.40 Å². The number of aryl methyl sites for hydroxylation is 1. The Kier molecular flexibility index (Phi) is 7.96. The normalized spacial score (nSPS) is 11.0. The van der Waals surface area contributed by atoms with Gasteiger partial charge in [-0.2, -0.15) is 0 Å². The molecule has 28 heavy (non-hydrogen) atoms.